The number of fused-ring (bicyclic) bond motifs is 1. The molecule has 7 nitrogen and oxygen atoms in total. The number of amides is 2. The fourth-order valence-corrected chi connectivity index (χ4v) is 3.16. The van der Waals surface area contributed by atoms with Crippen LogP contribution in [0.4, 0.5) is 0 Å². The van der Waals surface area contributed by atoms with Gasteiger partial charge in [0, 0.05) is 29.2 Å². The van der Waals surface area contributed by atoms with E-state index >= 15 is 0 Å². The smallest absolute Gasteiger partial charge is 0.287 e. The van der Waals surface area contributed by atoms with Crippen molar-refractivity contribution in [3.05, 3.63) is 96.1 Å². The van der Waals surface area contributed by atoms with Gasteiger partial charge in [-0.1, -0.05) is 48.5 Å². The maximum Gasteiger partial charge on any atom is 0.287 e. The summed E-state index contributed by atoms with van der Waals surface area (Å²) in [5, 5.41) is 7.55. The van der Waals surface area contributed by atoms with Gasteiger partial charge in [0.2, 0.25) is 0 Å². The van der Waals surface area contributed by atoms with Crippen LogP contribution >= 0.6 is 0 Å². The lowest BCUT2D eigenvalue weighted by molar-refractivity contribution is -0.120. The zero-order chi connectivity index (χ0) is 20.8. The second-order valence-electron chi connectivity index (χ2n) is 6.67. The van der Waals surface area contributed by atoms with Gasteiger partial charge in [-0.3, -0.25) is 9.59 Å². The van der Waals surface area contributed by atoms with Gasteiger partial charge in [-0.15, -0.1) is 0 Å². The number of hydrogen-bond donors (Lipinski definition) is 2. The van der Waals surface area contributed by atoms with Gasteiger partial charge in [0.25, 0.3) is 11.8 Å². The summed E-state index contributed by atoms with van der Waals surface area (Å²) < 4.78 is 7.13. The summed E-state index contributed by atoms with van der Waals surface area (Å²) in [7, 11) is 0. The Kier molecular flexibility index (Phi) is 5.70. The molecule has 0 spiro atoms. The first-order valence-electron chi connectivity index (χ1n) is 9.46. The highest BCUT2D eigenvalue weighted by molar-refractivity contribution is 6.00. The van der Waals surface area contributed by atoms with Gasteiger partial charge >= 0.3 is 0 Å². The first-order chi connectivity index (χ1) is 14.7. The quantitative estimate of drug-likeness (QED) is 0.369. The van der Waals surface area contributed by atoms with Crippen LogP contribution in [-0.2, 0) is 11.3 Å². The van der Waals surface area contributed by atoms with E-state index in [1.54, 1.807) is 12.3 Å². The molecule has 0 bridgehead atoms. The number of para-hydroxylation sites is 1. The predicted molar refractivity (Wildman–Crippen MR) is 114 cm³/mol. The first-order valence-corrected chi connectivity index (χ1v) is 9.46. The molecular formula is C23H20N4O3. The third-order valence-electron chi connectivity index (χ3n) is 4.56. The minimum atomic E-state index is -0.455. The molecule has 4 aromatic rings. The fourth-order valence-electron chi connectivity index (χ4n) is 3.16. The first kappa shape index (κ1) is 19.2. The molecule has 0 atom stereocenters. The number of hydrogen-bond acceptors (Lipinski definition) is 4. The monoisotopic (exact) mass is 400 g/mol. The van der Waals surface area contributed by atoms with Crippen LogP contribution in [0.5, 0.6) is 0 Å². The van der Waals surface area contributed by atoms with E-state index in [-0.39, 0.29) is 12.3 Å². The number of rotatable bonds is 7. The minimum Gasteiger partial charge on any atom is -0.459 e. The largest absolute Gasteiger partial charge is 0.459 e. The molecule has 4 rings (SSSR count). The van der Waals surface area contributed by atoms with Gasteiger partial charge in [-0.25, -0.2) is 5.43 Å². The molecule has 0 unspecified atom stereocenters. The lowest BCUT2D eigenvalue weighted by Gasteiger charge is -2.05. The van der Waals surface area contributed by atoms with Gasteiger partial charge in [-0.05, 0) is 23.8 Å². The van der Waals surface area contributed by atoms with Crippen molar-refractivity contribution in [2.45, 2.75) is 6.54 Å². The molecule has 0 aliphatic rings. The summed E-state index contributed by atoms with van der Waals surface area (Å²) in [5.74, 6) is -0.736. The van der Waals surface area contributed by atoms with Crippen LogP contribution in [0.25, 0.3) is 10.9 Å². The summed E-state index contributed by atoms with van der Waals surface area (Å²) in [5.41, 5.74) is 5.60. The van der Waals surface area contributed by atoms with E-state index in [1.807, 2.05) is 42.6 Å². The Bertz CT molecular complexity index is 1180. The Labute approximate surface area is 173 Å². The Balaban J connectivity index is 1.41. The van der Waals surface area contributed by atoms with E-state index in [1.165, 1.54) is 17.9 Å². The number of nitrogens with one attached hydrogen (secondary N) is 2. The molecular weight excluding hydrogens is 380 g/mol. The van der Waals surface area contributed by atoms with Crippen LogP contribution in [0.2, 0.25) is 0 Å². The molecule has 0 fully saturated rings. The standard InChI is InChI=1S/C23H20N4O3/c28-22(14-24-23(29)21-11-6-12-30-21)26-25-13-18-16-27(15-17-7-2-1-3-8-17)20-10-5-4-9-19(18)20/h1-13,16H,14-15H2,(H,24,29)(H,26,28)/b25-13+. The maximum atomic E-state index is 11.9. The maximum absolute atomic E-state index is 11.9. The van der Waals surface area contributed by atoms with Gasteiger partial charge in [0.1, 0.15) is 0 Å². The average Bonchev–Trinajstić information content (AvgIpc) is 3.42. The normalized spacial score (nSPS) is 11.1. The summed E-state index contributed by atoms with van der Waals surface area (Å²) in [4.78, 5) is 23.7. The number of aromatic nitrogens is 1. The van der Waals surface area contributed by atoms with E-state index in [0.717, 1.165) is 23.0 Å². The fraction of sp³-hybridized carbons (Fsp3) is 0.0870. The molecule has 7 heteroatoms. The van der Waals surface area contributed by atoms with Crippen molar-refractivity contribution in [2.24, 2.45) is 5.10 Å². The van der Waals surface area contributed by atoms with E-state index in [2.05, 4.69) is 38.6 Å². The number of benzene rings is 2. The molecule has 30 heavy (non-hydrogen) atoms. The van der Waals surface area contributed by atoms with Crippen molar-refractivity contribution < 1.29 is 14.0 Å². The van der Waals surface area contributed by atoms with Crippen LogP contribution in [0.3, 0.4) is 0 Å². The van der Waals surface area contributed by atoms with Crippen molar-refractivity contribution in [2.75, 3.05) is 6.54 Å². The molecule has 2 amide bonds. The van der Waals surface area contributed by atoms with E-state index in [0.29, 0.717) is 0 Å². The number of carbonyl (C=O) groups excluding carboxylic acids is 2. The van der Waals surface area contributed by atoms with Gasteiger partial charge in [-0.2, -0.15) is 5.10 Å². The van der Waals surface area contributed by atoms with Crippen LogP contribution in [0.1, 0.15) is 21.7 Å². The molecule has 0 saturated carbocycles. The highest BCUT2D eigenvalue weighted by Crippen LogP contribution is 2.21. The Morgan fingerprint density at radius 1 is 1.00 bits per heavy atom. The van der Waals surface area contributed by atoms with Crippen molar-refractivity contribution >= 4 is 28.9 Å². The van der Waals surface area contributed by atoms with E-state index in [9.17, 15) is 9.59 Å². The predicted octanol–water partition coefficient (Wildman–Crippen LogP) is 3.16. The molecule has 150 valence electrons. The highest BCUT2D eigenvalue weighted by Gasteiger charge is 2.10. The molecule has 0 radical (unpaired) electrons. The summed E-state index contributed by atoms with van der Waals surface area (Å²) >= 11 is 0. The van der Waals surface area contributed by atoms with E-state index < -0.39 is 11.8 Å². The third-order valence-corrected chi connectivity index (χ3v) is 4.56. The van der Waals surface area contributed by atoms with Crippen LogP contribution in [-0.4, -0.2) is 29.1 Å². The molecule has 0 saturated heterocycles. The van der Waals surface area contributed by atoms with Crippen LogP contribution in [0, 0.1) is 0 Å². The second kappa shape index (κ2) is 8.91. The Morgan fingerprint density at radius 2 is 1.80 bits per heavy atom. The SMILES string of the molecule is O=C(CNC(=O)c1ccco1)N/N=C/c1cn(Cc2ccccc2)c2ccccc12. The number of furan rings is 1. The second-order valence-corrected chi connectivity index (χ2v) is 6.67. The minimum absolute atomic E-state index is 0.150. The zero-order valence-corrected chi connectivity index (χ0v) is 16.1. The van der Waals surface area contributed by atoms with Crippen molar-refractivity contribution in [1.29, 1.82) is 0 Å². The molecule has 2 aromatic carbocycles. The number of carbonyl (C=O) groups is 2. The van der Waals surface area contributed by atoms with Gasteiger partial charge in [0.05, 0.1) is 19.0 Å². The summed E-state index contributed by atoms with van der Waals surface area (Å²) in [6.45, 7) is 0.535. The molecule has 2 N–H and O–H groups in total. The Hall–Kier alpha value is -4.13. The Morgan fingerprint density at radius 3 is 2.60 bits per heavy atom. The highest BCUT2D eigenvalue weighted by atomic mass is 16.3. The van der Waals surface area contributed by atoms with E-state index in [4.69, 9.17) is 4.42 Å². The zero-order valence-electron chi connectivity index (χ0n) is 16.1. The van der Waals surface area contributed by atoms with Crippen LogP contribution < -0.4 is 10.7 Å². The molecule has 2 heterocycles. The summed E-state index contributed by atoms with van der Waals surface area (Å²) in [6.07, 6.45) is 5.01. The lowest BCUT2D eigenvalue weighted by Crippen LogP contribution is -2.34. The summed E-state index contributed by atoms with van der Waals surface area (Å²) in [6, 6.07) is 21.4. The third kappa shape index (κ3) is 4.47. The van der Waals surface area contributed by atoms with Crippen molar-refractivity contribution in [3.63, 3.8) is 0 Å². The molecule has 0 aliphatic carbocycles. The van der Waals surface area contributed by atoms with Crippen molar-refractivity contribution in [1.82, 2.24) is 15.3 Å². The number of nitrogens with zero attached hydrogens (tertiary/aromatic N) is 2. The van der Waals surface area contributed by atoms with Gasteiger partial charge in [0.15, 0.2) is 5.76 Å². The van der Waals surface area contributed by atoms with Crippen molar-refractivity contribution in [3.8, 4) is 0 Å². The number of hydrazone groups is 1. The topological polar surface area (TPSA) is 88.6 Å². The molecule has 0 aliphatic heterocycles. The molecule has 2 aromatic heterocycles. The van der Waals surface area contributed by atoms with Crippen LogP contribution in [0.15, 0.2) is 88.7 Å². The van der Waals surface area contributed by atoms with Gasteiger partial charge < -0.3 is 14.3 Å². The average molecular weight is 400 g/mol. The lowest BCUT2D eigenvalue weighted by atomic mass is 10.2.